The molecule has 8 nitrogen and oxygen atoms in total. The van der Waals surface area contributed by atoms with Crippen LogP contribution < -0.4 is 20.4 Å². The van der Waals surface area contributed by atoms with Gasteiger partial charge in [-0.05, 0) is 66.6 Å². The topological polar surface area (TPSA) is 86.3 Å². The molecule has 4 aromatic rings. The van der Waals surface area contributed by atoms with Gasteiger partial charge in [0.15, 0.2) is 0 Å². The van der Waals surface area contributed by atoms with Crippen LogP contribution in [0.4, 0.5) is 11.4 Å². The van der Waals surface area contributed by atoms with E-state index in [0.717, 1.165) is 55.3 Å². The Bertz CT molecular complexity index is 1550. The number of nitrogens with zero attached hydrogens (tertiary/aromatic N) is 3. The highest BCUT2D eigenvalue weighted by Crippen LogP contribution is 2.28. The van der Waals surface area contributed by atoms with Crippen molar-refractivity contribution in [1.29, 1.82) is 0 Å². The van der Waals surface area contributed by atoms with Gasteiger partial charge in [-0.15, -0.1) is 0 Å². The molecule has 42 heavy (non-hydrogen) atoms. The number of piperazine rings is 1. The molecule has 8 heteroatoms. The summed E-state index contributed by atoms with van der Waals surface area (Å²) < 4.78 is 5.53. The molecule has 2 N–H and O–H groups in total. The number of benzene rings is 4. The molecule has 1 fully saturated rings. The molecular formula is C34H35N5O3. The summed E-state index contributed by atoms with van der Waals surface area (Å²) in [6.45, 7) is 6.41. The first-order chi connectivity index (χ1) is 20.5. The lowest BCUT2D eigenvalue weighted by Crippen LogP contribution is -2.46. The SMILES string of the molecule is COc1ccccc1N1CCN(Cc2ccc(C(=O)N/N=C(/C)c3cccc(NC(=O)c4ccccc4)c3)cc2)CC1. The Morgan fingerprint density at radius 1 is 0.762 bits per heavy atom. The summed E-state index contributed by atoms with van der Waals surface area (Å²) in [7, 11) is 1.71. The second-order valence-corrected chi connectivity index (χ2v) is 10.2. The monoisotopic (exact) mass is 561 g/mol. The van der Waals surface area contributed by atoms with Crippen molar-refractivity contribution in [3.05, 3.63) is 125 Å². The number of para-hydroxylation sites is 2. The Labute approximate surface area is 246 Å². The molecule has 5 rings (SSSR count). The van der Waals surface area contributed by atoms with Crippen LogP contribution in [0.1, 0.15) is 38.8 Å². The zero-order chi connectivity index (χ0) is 29.3. The molecule has 0 unspecified atom stereocenters. The second-order valence-electron chi connectivity index (χ2n) is 10.2. The number of methoxy groups -OCH3 is 1. The maximum atomic E-state index is 12.8. The lowest BCUT2D eigenvalue weighted by molar-refractivity contribution is 0.0954. The number of carbonyl (C=O) groups is 2. The molecule has 1 heterocycles. The molecule has 0 aromatic heterocycles. The third kappa shape index (κ3) is 7.21. The maximum Gasteiger partial charge on any atom is 0.271 e. The number of hydrogen-bond donors (Lipinski definition) is 2. The van der Waals surface area contributed by atoms with Crippen molar-refractivity contribution in [2.75, 3.05) is 43.5 Å². The van der Waals surface area contributed by atoms with E-state index in [-0.39, 0.29) is 11.8 Å². The minimum absolute atomic E-state index is 0.186. The lowest BCUT2D eigenvalue weighted by Gasteiger charge is -2.36. The van der Waals surface area contributed by atoms with Crippen molar-refractivity contribution < 1.29 is 14.3 Å². The highest BCUT2D eigenvalue weighted by Gasteiger charge is 2.19. The van der Waals surface area contributed by atoms with E-state index in [9.17, 15) is 9.59 Å². The smallest absolute Gasteiger partial charge is 0.271 e. The molecule has 1 saturated heterocycles. The number of anilines is 2. The number of rotatable bonds is 9. The van der Waals surface area contributed by atoms with E-state index in [2.05, 4.69) is 31.7 Å². The number of nitrogens with one attached hydrogen (secondary N) is 2. The van der Waals surface area contributed by atoms with Crippen molar-refractivity contribution in [1.82, 2.24) is 10.3 Å². The lowest BCUT2D eigenvalue weighted by atomic mass is 10.1. The summed E-state index contributed by atoms with van der Waals surface area (Å²) in [6, 6.07) is 32.2. The Morgan fingerprint density at radius 3 is 2.17 bits per heavy atom. The Balaban J connectivity index is 1.12. The number of hydrogen-bond acceptors (Lipinski definition) is 6. The predicted octanol–water partition coefficient (Wildman–Crippen LogP) is 5.42. The van der Waals surface area contributed by atoms with Gasteiger partial charge in [-0.2, -0.15) is 5.10 Å². The van der Waals surface area contributed by atoms with Gasteiger partial charge < -0.3 is 15.0 Å². The van der Waals surface area contributed by atoms with Crippen LogP contribution in [-0.2, 0) is 6.54 Å². The van der Waals surface area contributed by atoms with Crippen molar-refractivity contribution in [3.63, 3.8) is 0 Å². The van der Waals surface area contributed by atoms with Gasteiger partial charge in [-0.25, -0.2) is 5.43 Å². The molecule has 214 valence electrons. The van der Waals surface area contributed by atoms with E-state index >= 15 is 0 Å². The fourth-order valence-corrected chi connectivity index (χ4v) is 4.94. The van der Waals surface area contributed by atoms with Gasteiger partial charge in [-0.1, -0.05) is 54.6 Å². The highest BCUT2D eigenvalue weighted by molar-refractivity contribution is 6.06. The van der Waals surface area contributed by atoms with Crippen LogP contribution in [0.3, 0.4) is 0 Å². The number of carbonyl (C=O) groups excluding carboxylic acids is 2. The molecule has 0 aliphatic carbocycles. The number of ether oxygens (including phenoxy) is 1. The van der Waals surface area contributed by atoms with Crippen LogP contribution in [-0.4, -0.2) is 55.7 Å². The van der Waals surface area contributed by atoms with E-state index in [0.29, 0.717) is 22.5 Å². The van der Waals surface area contributed by atoms with Crippen LogP contribution in [0.5, 0.6) is 5.75 Å². The fourth-order valence-electron chi connectivity index (χ4n) is 4.94. The minimum atomic E-state index is -0.278. The van der Waals surface area contributed by atoms with E-state index in [1.807, 2.05) is 91.9 Å². The van der Waals surface area contributed by atoms with Crippen molar-refractivity contribution in [3.8, 4) is 5.75 Å². The molecule has 0 bridgehead atoms. The van der Waals surface area contributed by atoms with Crippen LogP contribution in [0.2, 0.25) is 0 Å². The van der Waals surface area contributed by atoms with Gasteiger partial charge in [-0.3, -0.25) is 14.5 Å². The molecule has 1 aliphatic heterocycles. The van der Waals surface area contributed by atoms with Crippen LogP contribution in [0, 0.1) is 0 Å². The third-order valence-corrected chi connectivity index (χ3v) is 7.32. The number of hydrazone groups is 1. The summed E-state index contributed by atoms with van der Waals surface area (Å²) in [5.74, 6) is 0.439. The molecule has 2 amide bonds. The molecular weight excluding hydrogens is 526 g/mol. The first kappa shape index (κ1) is 28.6. The van der Waals surface area contributed by atoms with E-state index in [4.69, 9.17) is 4.74 Å². The van der Waals surface area contributed by atoms with E-state index in [1.165, 1.54) is 0 Å². The first-order valence-electron chi connectivity index (χ1n) is 14.0. The molecule has 0 atom stereocenters. The quantitative estimate of drug-likeness (QED) is 0.210. The fraction of sp³-hybridized carbons (Fsp3) is 0.206. The Kier molecular flexibility index (Phi) is 9.26. The summed E-state index contributed by atoms with van der Waals surface area (Å²) in [6.07, 6.45) is 0. The van der Waals surface area contributed by atoms with Crippen molar-refractivity contribution >= 4 is 28.9 Å². The first-order valence-corrected chi connectivity index (χ1v) is 14.0. The van der Waals surface area contributed by atoms with Crippen LogP contribution in [0.25, 0.3) is 0 Å². The van der Waals surface area contributed by atoms with E-state index < -0.39 is 0 Å². The van der Waals surface area contributed by atoms with Gasteiger partial charge in [0.05, 0.1) is 18.5 Å². The summed E-state index contributed by atoms with van der Waals surface area (Å²) >= 11 is 0. The second kappa shape index (κ2) is 13.6. The van der Waals surface area contributed by atoms with Gasteiger partial charge in [0.2, 0.25) is 0 Å². The Hall–Kier alpha value is -4.95. The normalized spacial score (nSPS) is 13.9. The van der Waals surface area contributed by atoms with Gasteiger partial charge >= 0.3 is 0 Å². The Morgan fingerprint density at radius 2 is 1.43 bits per heavy atom. The molecule has 1 aliphatic rings. The average Bonchev–Trinajstić information content (AvgIpc) is 3.04. The largest absolute Gasteiger partial charge is 0.495 e. The van der Waals surface area contributed by atoms with Crippen molar-refractivity contribution in [2.45, 2.75) is 13.5 Å². The van der Waals surface area contributed by atoms with E-state index in [1.54, 1.807) is 19.2 Å². The molecule has 4 aromatic carbocycles. The van der Waals surface area contributed by atoms with Crippen LogP contribution in [0.15, 0.2) is 108 Å². The third-order valence-electron chi connectivity index (χ3n) is 7.32. The molecule has 0 saturated carbocycles. The van der Waals surface area contributed by atoms with Crippen molar-refractivity contribution in [2.24, 2.45) is 5.10 Å². The summed E-state index contributed by atoms with van der Waals surface area (Å²) in [4.78, 5) is 30.0. The van der Waals surface area contributed by atoms with Gasteiger partial charge in [0.1, 0.15) is 5.75 Å². The highest BCUT2D eigenvalue weighted by atomic mass is 16.5. The average molecular weight is 562 g/mol. The summed E-state index contributed by atoms with van der Waals surface area (Å²) in [5, 5.41) is 7.19. The molecule has 0 spiro atoms. The zero-order valence-corrected chi connectivity index (χ0v) is 23.9. The molecule has 0 radical (unpaired) electrons. The zero-order valence-electron chi connectivity index (χ0n) is 23.9. The number of amides is 2. The minimum Gasteiger partial charge on any atom is -0.495 e. The van der Waals surface area contributed by atoms with Gasteiger partial charge in [0, 0.05) is 49.5 Å². The standard InChI is InChI=1S/C34H35N5O3/c1-25(29-11-8-12-30(23-29)35-33(40)27-9-4-3-5-10-27)36-37-34(41)28-17-15-26(16-18-28)24-38-19-21-39(22-20-38)31-13-6-7-14-32(31)42-2/h3-18,23H,19-22,24H2,1-2H3,(H,35,40)(H,37,41)/b36-25-. The van der Waals surface area contributed by atoms with Gasteiger partial charge in [0.25, 0.3) is 11.8 Å². The van der Waals surface area contributed by atoms with Crippen LogP contribution >= 0.6 is 0 Å². The maximum absolute atomic E-state index is 12.8. The predicted molar refractivity (Wildman–Crippen MR) is 167 cm³/mol. The summed E-state index contributed by atoms with van der Waals surface area (Å²) in [5.41, 5.74) is 8.14.